The summed E-state index contributed by atoms with van der Waals surface area (Å²) in [6, 6.07) is 0.395. The Hall–Kier alpha value is -0.680. The summed E-state index contributed by atoms with van der Waals surface area (Å²) in [6.07, 6.45) is 6.33. The molecular formula is C11H17N3OS. The quantitative estimate of drug-likeness (QED) is 0.824. The SMILES string of the molecule is COC1CCCC1n1c(C2CC2)n[nH]c1=S. The topological polar surface area (TPSA) is 42.8 Å². The summed E-state index contributed by atoms with van der Waals surface area (Å²) in [5, 5.41) is 7.32. The van der Waals surface area contributed by atoms with Crippen LogP contribution in [0.2, 0.25) is 0 Å². The molecule has 16 heavy (non-hydrogen) atoms. The molecule has 1 aromatic rings. The van der Waals surface area contributed by atoms with Crippen molar-refractivity contribution in [3.8, 4) is 0 Å². The first kappa shape index (κ1) is 10.5. The number of hydrogen-bond acceptors (Lipinski definition) is 3. The largest absolute Gasteiger partial charge is 0.379 e. The summed E-state index contributed by atoms with van der Waals surface area (Å²) in [5.41, 5.74) is 0. The molecule has 2 saturated carbocycles. The van der Waals surface area contributed by atoms with Crippen molar-refractivity contribution in [2.75, 3.05) is 7.11 Å². The lowest BCUT2D eigenvalue weighted by Crippen LogP contribution is -2.22. The van der Waals surface area contributed by atoms with Crippen molar-refractivity contribution < 1.29 is 4.74 Å². The van der Waals surface area contributed by atoms with E-state index in [4.69, 9.17) is 17.0 Å². The van der Waals surface area contributed by atoms with Gasteiger partial charge in [-0.25, -0.2) is 0 Å². The fraction of sp³-hybridized carbons (Fsp3) is 0.818. The second kappa shape index (κ2) is 3.96. The van der Waals surface area contributed by atoms with Crippen LogP contribution in [0.4, 0.5) is 0 Å². The van der Waals surface area contributed by atoms with Gasteiger partial charge < -0.3 is 4.74 Å². The summed E-state index contributed by atoms with van der Waals surface area (Å²) in [6.45, 7) is 0. The summed E-state index contributed by atoms with van der Waals surface area (Å²) < 4.78 is 8.53. The molecule has 1 N–H and O–H groups in total. The van der Waals surface area contributed by atoms with Gasteiger partial charge in [0.25, 0.3) is 0 Å². The van der Waals surface area contributed by atoms with Crippen LogP contribution >= 0.6 is 12.2 Å². The summed E-state index contributed by atoms with van der Waals surface area (Å²) in [7, 11) is 1.80. The number of methoxy groups -OCH3 is 1. The van der Waals surface area contributed by atoms with Gasteiger partial charge >= 0.3 is 0 Å². The first-order valence-corrected chi connectivity index (χ1v) is 6.41. The number of H-pyrrole nitrogens is 1. The van der Waals surface area contributed by atoms with E-state index in [2.05, 4.69) is 14.8 Å². The van der Waals surface area contributed by atoms with E-state index in [0.717, 1.165) is 23.4 Å². The van der Waals surface area contributed by atoms with E-state index in [9.17, 15) is 0 Å². The lowest BCUT2D eigenvalue weighted by molar-refractivity contribution is 0.0734. The molecule has 0 amide bonds. The Morgan fingerprint density at radius 1 is 1.38 bits per heavy atom. The minimum Gasteiger partial charge on any atom is -0.379 e. The van der Waals surface area contributed by atoms with Crippen molar-refractivity contribution >= 4 is 12.2 Å². The summed E-state index contributed by atoms with van der Waals surface area (Å²) in [5.74, 6) is 1.78. The van der Waals surface area contributed by atoms with E-state index in [1.165, 1.54) is 19.3 Å². The predicted molar refractivity (Wildman–Crippen MR) is 63.1 cm³/mol. The molecule has 2 aliphatic carbocycles. The molecule has 2 fully saturated rings. The third kappa shape index (κ3) is 1.62. The second-order valence-electron chi connectivity index (χ2n) is 4.80. The fourth-order valence-electron chi connectivity index (χ4n) is 2.74. The molecular weight excluding hydrogens is 222 g/mol. The first-order chi connectivity index (χ1) is 7.81. The molecule has 1 heterocycles. The van der Waals surface area contributed by atoms with E-state index in [-0.39, 0.29) is 0 Å². The van der Waals surface area contributed by atoms with Crippen LogP contribution in [0.3, 0.4) is 0 Å². The van der Waals surface area contributed by atoms with Crippen molar-refractivity contribution in [3.05, 3.63) is 10.6 Å². The van der Waals surface area contributed by atoms with Gasteiger partial charge in [-0.05, 0) is 44.3 Å². The highest BCUT2D eigenvalue weighted by atomic mass is 32.1. The summed E-state index contributed by atoms with van der Waals surface area (Å²) in [4.78, 5) is 0. The number of rotatable bonds is 3. The van der Waals surface area contributed by atoms with Crippen molar-refractivity contribution in [1.29, 1.82) is 0 Å². The van der Waals surface area contributed by atoms with E-state index < -0.39 is 0 Å². The number of hydrogen-bond donors (Lipinski definition) is 1. The Balaban J connectivity index is 1.97. The third-order valence-corrected chi connectivity index (χ3v) is 4.01. The monoisotopic (exact) mass is 239 g/mol. The number of aromatic amines is 1. The first-order valence-electron chi connectivity index (χ1n) is 6.01. The number of ether oxygens (including phenoxy) is 1. The number of nitrogens with one attached hydrogen (secondary N) is 1. The molecule has 0 aliphatic heterocycles. The molecule has 2 aliphatic rings. The van der Waals surface area contributed by atoms with Crippen LogP contribution in [0.25, 0.3) is 0 Å². The molecule has 0 bridgehead atoms. The second-order valence-corrected chi connectivity index (χ2v) is 5.19. The van der Waals surface area contributed by atoms with Gasteiger partial charge in [0, 0.05) is 13.0 Å². The zero-order valence-electron chi connectivity index (χ0n) is 9.48. The number of nitrogens with zero attached hydrogens (tertiary/aromatic N) is 2. The van der Waals surface area contributed by atoms with E-state index in [1.807, 2.05) is 0 Å². The molecule has 0 aromatic carbocycles. The van der Waals surface area contributed by atoms with Crippen molar-refractivity contribution in [2.24, 2.45) is 0 Å². The van der Waals surface area contributed by atoms with Crippen LogP contribution in [0.15, 0.2) is 0 Å². The molecule has 88 valence electrons. The Morgan fingerprint density at radius 3 is 2.88 bits per heavy atom. The Kier molecular flexibility index (Phi) is 2.59. The molecule has 2 atom stereocenters. The number of aromatic nitrogens is 3. The average molecular weight is 239 g/mol. The maximum atomic E-state index is 5.55. The maximum absolute atomic E-state index is 5.55. The Morgan fingerprint density at radius 2 is 2.19 bits per heavy atom. The minimum absolute atomic E-state index is 0.307. The van der Waals surface area contributed by atoms with Gasteiger partial charge in [-0.2, -0.15) is 5.10 Å². The van der Waals surface area contributed by atoms with Crippen LogP contribution in [-0.4, -0.2) is 28.0 Å². The zero-order chi connectivity index (χ0) is 11.1. The van der Waals surface area contributed by atoms with Gasteiger partial charge in [-0.1, -0.05) is 0 Å². The lowest BCUT2D eigenvalue weighted by Gasteiger charge is -2.20. The van der Waals surface area contributed by atoms with Crippen LogP contribution in [0.5, 0.6) is 0 Å². The Bertz CT molecular complexity index is 435. The lowest BCUT2D eigenvalue weighted by atomic mass is 10.2. The van der Waals surface area contributed by atoms with Gasteiger partial charge in [0.1, 0.15) is 5.82 Å². The van der Waals surface area contributed by atoms with E-state index in [1.54, 1.807) is 7.11 Å². The minimum atomic E-state index is 0.307. The standard InChI is InChI=1S/C11H17N3OS/c1-15-9-4-2-3-8(9)14-10(7-5-6-7)12-13-11(14)16/h7-9H,2-6H2,1H3,(H,13,16). The zero-order valence-corrected chi connectivity index (χ0v) is 10.3. The molecule has 0 radical (unpaired) electrons. The predicted octanol–water partition coefficient (Wildman–Crippen LogP) is 2.56. The van der Waals surface area contributed by atoms with Crippen LogP contribution in [0, 0.1) is 4.77 Å². The molecule has 0 saturated heterocycles. The maximum Gasteiger partial charge on any atom is 0.195 e. The van der Waals surface area contributed by atoms with Crippen LogP contribution in [-0.2, 0) is 4.74 Å². The smallest absolute Gasteiger partial charge is 0.195 e. The molecule has 4 nitrogen and oxygen atoms in total. The van der Waals surface area contributed by atoms with Gasteiger partial charge in [0.2, 0.25) is 0 Å². The molecule has 3 rings (SSSR count). The highest BCUT2D eigenvalue weighted by Crippen LogP contribution is 2.42. The summed E-state index contributed by atoms with van der Waals surface area (Å²) >= 11 is 5.35. The van der Waals surface area contributed by atoms with Gasteiger partial charge in [-0.3, -0.25) is 9.67 Å². The van der Waals surface area contributed by atoms with Crippen molar-refractivity contribution in [3.63, 3.8) is 0 Å². The molecule has 2 unspecified atom stereocenters. The van der Waals surface area contributed by atoms with E-state index in [0.29, 0.717) is 18.1 Å². The molecule has 1 aromatic heterocycles. The normalized spacial score (nSPS) is 29.8. The van der Waals surface area contributed by atoms with Crippen molar-refractivity contribution in [2.45, 2.75) is 50.2 Å². The highest BCUT2D eigenvalue weighted by molar-refractivity contribution is 7.71. The van der Waals surface area contributed by atoms with Gasteiger partial charge in [-0.15, -0.1) is 0 Å². The Labute approximate surface area is 100 Å². The molecule has 5 heteroatoms. The fourth-order valence-corrected chi connectivity index (χ4v) is 3.02. The average Bonchev–Trinajstić information content (AvgIpc) is 2.90. The van der Waals surface area contributed by atoms with Crippen LogP contribution < -0.4 is 0 Å². The van der Waals surface area contributed by atoms with E-state index >= 15 is 0 Å². The highest BCUT2D eigenvalue weighted by Gasteiger charge is 2.35. The van der Waals surface area contributed by atoms with Crippen LogP contribution in [0.1, 0.15) is 49.9 Å². The van der Waals surface area contributed by atoms with Crippen molar-refractivity contribution in [1.82, 2.24) is 14.8 Å². The van der Waals surface area contributed by atoms with Gasteiger partial charge in [0.05, 0.1) is 12.1 Å². The molecule has 0 spiro atoms. The third-order valence-electron chi connectivity index (χ3n) is 3.73. The van der Waals surface area contributed by atoms with Gasteiger partial charge in [0.15, 0.2) is 4.77 Å².